The Labute approximate surface area is 138 Å². The van der Waals surface area contributed by atoms with Gasteiger partial charge in [0.15, 0.2) is 0 Å². The van der Waals surface area contributed by atoms with E-state index >= 15 is 0 Å². The molecule has 0 unspecified atom stereocenters. The van der Waals surface area contributed by atoms with E-state index in [1.54, 1.807) is 22.9 Å². The summed E-state index contributed by atoms with van der Waals surface area (Å²) in [6.07, 6.45) is 3.32. The monoisotopic (exact) mass is 348 g/mol. The smallest absolute Gasteiger partial charge is 0.252 e. The van der Waals surface area contributed by atoms with Crippen molar-refractivity contribution in [3.05, 3.63) is 47.0 Å². The van der Waals surface area contributed by atoms with Gasteiger partial charge in [0.05, 0.1) is 17.7 Å². The number of rotatable bonds is 4. The average Bonchev–Trinajstić information content (AvgIpc) is 2.96. The maximum Gasteiger partial charge on any atom is 0.252 e. The number of nitrogens with one attached hydrogen (secondary N) is 1. The highest BCUT2D eigenvalue weighted by Gasteiger charge is 2.20. The SMILES string of the molecule is COc1cc(S(=O)(=O)N(C)C)ccc1-c1cn2ccc(=O)[nH]c2n1. The zero-order valence-corrected chi connectivity index (χ0v) is 14.2. The summed E-state index contributed by atoms with van der Waals surface area (Å²) in [5, 5.41) is 0. The molecule has 2 heterocycles. The van der Waals surface area contributed by atoms with Gasteiger partial charge in [-0.2, -0.15) is 0 Å². The highest BCUT2D eigenvalue weighted by atomic mass is 32.2. The molecule has 0 amide bonds. The number of ether oxygens (including phenoxy) is 1. The van der Waals surface area contributed by atoms with Gasteiger partial charge < -0.3 is 4.74 Å². The molecule has 126 valence electrons. The van der Waals surface area contributed by atoms with E-state index in [1.165, 1.54) is 39.4 Å². The van der Waals surface area contributed by atoms with E-state index in [9.17, 15) is 13.2 Å². The van der Waals surface area contributed by atoms with Gasteiger partial charge >= 0.3 is 0 Å². The molecule has 3 rings (SSSR count). The number of hydrogen-bond acceptors (Lipinski definition) is 5. The number of methoxy groups -OCH3 is 1. The summed E-state index contributed by atoms with van der Waals surface area (Å²) in [4.78, 5) is 18.5. The Bertz CT molecular complexity index is 1070. The van der Waals surface area contributed by atoms with Crippen LogP contribution in [0.5, 0.6) is 5.75 Å². The minimum Gasteiger partial charge on any atom is -0.496 e. The van der Waals surface area contributed by atoms with Crippen molar-refractivity contribution in [2.45, 2.75) is 4.90 Å². The summed E-state index contributed by atoms with van der Waals surface area (Å²) in [6, 6.07) is 5.98. The van der Waals surface area contributed by atoms with E-state index in [0.717, 1.165) is 4.31 Å². The van der Waals surface area contributed by atoms with Crippen LogP contribution in [0.15, 0.2) is 46.3 Å². The predicted molar refractivity (Wildman–Crippen MR) is 88.7 cm³/mol. The molecule has 2 aromatic heterocycles. The molecule has 1 N–H and O–H groups in total. The second kappa shape index (κ2) is 5.77. The number of aromatic amines is 1. The van der Waals surface area contributed by atoms with Crippen LogP contribution in [0.2, 0.25) is 0 Å². The van der Waals surface area contributed by atoms with Gasteiger partial charge in [-0.3, -0.25) is 14.2 Å². The number of sulfonamides is 1. The van der Waals surface area contributed by atoms with Crippen molar-refractivity contribution in [2.75, 3.05) is 21.2 Å². The van der Waals surface area contributed by atoms with Crippen molar-refractivity contribution in [2.24, 2.45) is 0 Å². The van der Waals surface area contributed by atoms with Gasteiger partial charge in [-0.15, -0.1) is 0 Å². The molecular weight excluding hydrogens is 332 g/mol. The van der Waals surface area contributed by atoms with Gasteiger partial charge in [-0.25, -0.2) is 17.7 Å². The second-order valence-corrected chi connectivity index (χ2v) is 7.46. The van der Waals surface area contributed by atoms with E-state index in [2.05, 4.69) is 9.97 Å². The first-order chi connectivity index (χ1) is 11.3. The first-order valence-corrected chi connectivity index (χ1v) is 8.46. The Balaban J connectivity index is 2.15. The molecular formula is C15H16N4O4S. The number of H-pyrrole nitrogens is 1. The van der Waals surface area contributed by atoms with Crippen LogP contribution >= 0.6 is 0 Å². The van der Waals surface area contributed by atoms with Crippen molar-refractivity contribution >= 4 is 15.8 Å². The topological polar surface area (TPSA) is 96.8 Å². The maximum atomic E-state index is 12.2. The fourth-order valence-electron chi connectivity index (χ4n) is 2.28. The molecule has 1 aromatic carbocycles. The zero-order valence-electron chi connectivity index (χ0n) is 13.3. The highest BCUT2D eigenvalue weighted by Crippen LogP contribution is 2.32. The standard InChI is InChI=1S/C15H16N4O4S/c1-18(2)24(21,22)10-4-5-11(13(8-10)23-3)12-9-19-7-6-14(20)17-15(19)16-12/h4-9H,1-3H3,(H,16,17,20). The molecule has 0 bridgehead atoms. The third kappa shape index (κ3) is 2.68. The molecule has 0 atom stereocenters. The van der Waals surface area contributed by atoms with Gasteiger partial charge in [0.25, 0.3) is 5.56 Å². The van der Waals surface area contributed by atoms with E-state index < -0.39 is 10.0 Å². The first-order valence-electron chi connectivity index (χ1n) is 7.02. The van der Waals surface area contributed by atoms with Gasteiger partial charge in [0.2, 0.25) is 15.8 Å². The van der Waals surface area contributed by atoms with Gasteiger partial charge in [0, 0.05) is 44.2 Å². The van der Waals surface area contributed by atoms with Crippen LogP contribution in [0.4, 0.5) is 0 Å². The van der Waals surface area contributed by atoms with Gasteiger partial charge in [-0.05, 0) is 12.1 Å². The van der Waals surface area contributed by atoms with Crippen molar-refractivity contribution in [3.8, 4) is 17.0 Å². The summed E-state index contributed by atoms with van der Waals surface area (Å²) in [5.74, 6) is 0.772. The molecule has 24 heavy (non-hydrogen) atoms. The molecule has 8 nitrogen and oxygen atoms in total. The van der Waals surface area contributed by atoms with Crippen LogP contribution < -0.4 is 10.3 Å². The van der Waals surface area contributed by atoms with E-state index in [0.29, 0.717) is 22.8 Å². The Morgan fingerprint density at radius 2 is 2.00 bits per heavy atom. The Kier molecular flexibility index (Phi) is 3.90. The third-order valence-electron chi connectivity index (χ3n) is 3.58. The fourth-order valence-corrected chi connectivity index (χ4v) is 3.20. The van der Waals surface area contributed by atoms with Crippen LogP contribution in [0.25, 0.3) is 17.0 Å². The summed E-state index contributed by atoms with van der Waals surface area (Å²) >= 11 is 0. The van der Waals surface area contributed by atoms with Gasteiger partial charge in [0.1, 0.15) is 5.75 Å². The Hall–Kier alpha value is -2.65. The van der Waals surface area contributed by atoms with Crippen LogP contribution in [-0.2, 0) is 10.0 Å². The summed E-state index contributed by atoms with van der Waals surface area (Å²) in [7, 11) is 0.835. The molecule has 0 fully saturated rings. The lowest BCUT2D eigenvalue weighted by Crippen LogP contribution is -2.22. The van der Waals surface area contributed by atoms with E-state index in [-0.39, 0.29) is 10.5 Å². The average molecular weight is 348 g/mol. The van der Waals surface area contributed by atoms with Crippen molar-refractivity contribution in [3.63, 3.8) is 0 Å². The molecule has 9 heteroatoms. The molecule has 0 aliphatic rings. The normalized spacial score (nSPS) is 12.0. The minimum atomic E-state index is -3.56. The molecule has 0 saturated heterocycles. The number of nitrogens with zero attached hydrogens (tertiary/aromatic N) is 3. The number of fused-ring (bicyclic) bond motifs is 1. The lowest BCUT2D eigenvalue weighted by Gasteiger charge is -2.13. The largest absolute Gasteiger partial charge is 0.496 e. The lowest BCUT2D eigenvalue weighted by atomic mass is 10.1. The molecule has 3 aromatic rings. The van der Waals surface area contributed by atoms with Crippen LogP contribution in [0.1, 0.15) is 0 Å². The Morgan fingerprint density at radius 1 is 1.25 bits per heavy atom. The first kappa shape index (κ1) is 16.2. The van der Waals surface area contributed by atoms with Crippen molar-refractivity contribution in [1.29, 1.82) is 0 Å². The molecule has 0 spiro atoms. The summed E-state index contributed by atoms with van der Waals surface area (Å²) < 4.78 is 32.6. The number of aromatic nitrogens is 3. The summed E-state index contributed by atoms with van der Waals surface area (Å²) in [5.41, 5.74) is 0.932. The van der Waals surface area contributed by atoms with E-state index in [4.69, 9.17) is 4.74 Å². The molecule has 0 radical (unpaired) electrons. The quantitative estimate of drug-likeness (QED) is 0.757. The molecule has 0 aliphatic heterocycles. The minimum absolute atomic E-state index is 0.130. The molecule has 0 aliphatic carbocycles. The zero-order chi connectivity index (χ0) is 17.5. The van der Waals surface area contributed by atoms with Gasteiger partial charge in [-0.1, -0.05) is 0 Å². The molecule has 0 saturated carbocycles. The van der Waals surface area contributed by atoms with Crippen LogP contribution in [0.3, 0.4) is 0 Å². The third-order valence-corrected chi connectivity index (χ3v) is 5.39. The van der Waals surface area contributed by atoms with E-state index in [1.807, 2.05) is 0 Å². The van der Waals surface area contributed by atoms with Crippen LogP contribution in [0, 0.1) is 0 Å². The summed E-state index contributed by atoms with van der Waals surface area (Å²) in [6.45, 7) is 0. The number of hydrogen-bond donors (Lipinski definition) is 1. The highest BCUT2D eigenvalue weighted by molar-refractivity contribution is 7.89. The van der Waals surface area contributed by atoms with Crippen LogP contribution in [-0.4, -0.2) is 48.3 Å². The fraction of sp³-hybridized carbons (Fsp3) is 0.200. The van der Waals surface area contributed by atoms with Crippen molar-refractivity contribution < 1.29 is 13.2 Å². The lowest BCUT2D eigenvalue weighted by molar-refractivity contribution is 0.414. The van der Waals surface area contributed by atoms with Crippen molar-refractivity contribution in [1.82, 2.24) is 18.7 Å². The second-order valence-electron chi connectivity index (χ2n) is 5.31. The Morgan fingerprint density at radius 3 is 2.67 bits per heavy atom. The number of benzene rings is 1. The predicted octanol–water partition coefficient (Wildman–Crippen LogP) is 0.948. The number of imidazole rings is 1. The maximum absolute atomic E-state index is 12.2.